The lowest BCUT2D eigenvalue weighted by atomic mass is 10.3. The van der Waals surface area contributed by atoms with Crippen molar-refractivity contribution in [3.8, 4) is 6.07 Å². The van der Waals surface area contributed by atoms with E-state index in [0.717, 1.165) is 6.20 Å². The van der Waals surface area contributed by atoms with Crippen LogP contribution in [0.25, 0.3) is 0 Å². The molecule has 0 unspecified atom stereocenters. The maximum absolute atomic E-state index is 12.6. The van der Waals surface area contributed by atoms with Crippen molar-refractivity contribution in [3.63, 3.8) is 0 Å². The highest BCUT2D eigenvalue weighted by Crippen LogP contribution is 2.11. The minimum atomic E-state index is -0.931. The molecule has 12 heavy (non-hydrogen) atoms. The number of hydrogen-bond donors (Lipinski definition) is 0. The smallest absolute Gasteiger partial charge is 0.358 e. The number of pyridine rings is 1. The van der Waals surface area contributed by atoms with Crippen molar-refractivity contribution in [1.82, 2.24) is 4.98 Å². The van der Waals surface area contributed by atoms with E-state index < -0.39 is 16.6 Å². The molecule has 0 radical (unpaired) electrons. The monoisotopic (exact) mass is 167 g/mol. The summed E-state index contributed by atoms with van der Waals surface area (Å²) < 4.78 is 12.6. The van der Waals surface area contributed by atoms with E-state index in [0.29, 0.717) is 6.07 Å². The zero-order valence-corrected chi connectivity index (χ0v) is 5.69. The molecule has 0 saturated carbocycles. The van der Waals surface area contributed by atoms with Crippen molar-refractivity contribution in [2.45, 2.75) is 0 Å². The van der Waals surface area contributed by atoms with Gasteiger partial charge in [-0.3, -0.25) is 0 Å². The van der Waals surface area contributed by atoms with Gasteiger partial charge >= 0.3 is 5.82 Å². The van der Waals surface area contributed by atoms with Crippen LogP contribution in [-0.2, 0) is 0 Å². The fourth-order valence-electron chi connectivity index (χ4n) is 0.603. The molecule has 0 amide bonds. The number of nitrogens with zero attached hydrogens (tertiary/aromatic N) is 3. The maximum Gasteiger partial charge on any atom is 0.366 e. The molecule has 0 saturated heterocycles. The third-order valence-electron chi connectivity index (χ3n) is 1.15. The first-order valence-electron chi connectivity index (χ1n) is 2.85. The van der Waals surface area contributed by atoms with Crippen molar-refractivity contribution >= 4 is 5.82 Å². The van der Waals surface area contributed by atoms with Crippen molar-refractivity contribution in [2.75, 3.05) is 0 Å². The van der Waals surface area contributed by atoms with Crippen LogP contribution in [0, 0.1) is 27.3 Å². The molecule has 1 aromatic rings. The summed E-state index contributed by atoms with van der Waals surface area (Å²) >= 11 is 0. The number of nitro groups is 1. The molecule has 0 aromatic carbocycles. The van der Waals surface area contributed by atoms with Crippen molar-refractivity contribution < 1.29 is 9.31 Å². The number of aromatic nitrogens is 1. The second kappa shape index (κ2) is 2.92. The summed E-state index contributed by atoms with van der Waals surface area (Å²) in [4.78, 5) is 12.5. The highest BCUT2D eigenvalue weighted by atomic mass is 19.1. The Morgan fingerprint density at radius 3 is 2.83 bits per heavy atom. The van der Waals surface area contributed by atoms with Gasteiger partial charge in [0.05, 0.1) is 6.07 Å². The Hall–Kier alpha value is -2.03. The summed E-state index contributed by atoms with van der Waals surface area (Å²) in [6.07, 6.45) is 0.827. The molecular formula is C6H2FN3O2. The van der Waals surface area contributed by atoms with E-state index in [4.69, 9.17) is 5.26 Å². The van der Waals surface area contributed by atoms with Crippen LogP contribution in [0.5, 0.6) is 0 Å². The molecule has 5 nitrogen and oxygen atoms in total. The van der Waals surface area contributed by atoms with Crippen LogP contribution in [0.15, 0.2) is 12.3 Å². The molecule has 60 valence electrons. The standard InChI is InChI=1S/C6H2FN3O2/c7-5-1-6(10(11)12)9-3-4(5)2-8/h1,3H. The third-order valence-corrected chi connectivity index (χ3v) is 1.15. The first-order valence-corrected chi connectivity index (χ1v) is 2.85. The fraction of sp³-hybridized carbons (Fsp3) is 0. The molecule has 0 aliphatic heterocycles. The SMILES string of the molecule is N#Cc1cnc([N+](=O)[O-])cc1F. The molecule has 0 aliphatic rings. The van der Waals surface area contributed by atoms with Gasteiger partial charge < -0.3 is 10.1 Å². The highest BCUT2D eigenvalue weighted by Gasteiger charge is 2.12. The zero-order valence-electron chi connectivity index (χ0n) is 5.69. The van der Waals surface area contributed by atoms with E-state index in [-0.39, 0.29) is 5.56 Å². The largest absolute Gasteiger partial charge is 0.366 e. The second-order valence-corrected chi connectivity index (χ2v) is 1.89. The quantitative estimate of drug-likeness (QED) is 0.461. The Balaban J connectivity index is 3.21. The second-order valence-electron chi connectivity index (χ2n) is 1.89. The minimum Gasteiger partial charge on any atom is -0.358 e. The lowest BCUT2D eigenvalue weighted by Gasteiger charge is -1.91. The lowest BCUT2D eigenvalue weighted by Crippen LogP contribution is -1.94. The molecule has 0 N–H and O–H groups in total. The van der Waals surface area contributed by atoms with Gasteiger partial charge in [0.25, 0.3) is 0 Å². The van der Waals surface area contributed by atoms with Crippen LogP contribution in [0.3, 0.4) is 0 Å². The summed E-state index contributed by atoms with van der Waals surface area (Å²) in [5.41, 5.74) is -0.305. The molecule has 0 aliphatic carbocycles. The van der Waals surface area contributed by atoms with Crippen molar-refractivity contribution in [1.29, 1.82) is 5.26 Å². The predicted molar refractivity (Wildman–Crippen MR) is 35.6 cm³/mol. The summed E-state index contributed by atoms with van der Waals surface area (Å²) in [6.45, 7) is 0. The summed E-state index contributed by atoms with van der Waals surface area (Å²) in [5.74, 6) is -1.54. The van der Waals surface area contributed by atoms with Gasteiger partial charge in [-0.25, -0.2) is 4.39 Å². The summed E-state index contributed by atoms with van der Waals surface area (Å²) in [5, 5.41) is 18.3. The van der Waals surface area contributed by atoms with Gasteiger partial charge in [0, 0.05) is 0 Å². The van der Waals surface area contributed by atoms with Crippen LogP contribution < -0.4 is 0 Å². The number of rotatable bonds is 1. The average Bonchev–Trinajstić information content (AvgIpc) is 2.04. The van der Waals surface area contributed by atoms with E-state index in [2.05, 4.69) is 4.98 Å². The molecule has 1 aromatic heterocycles. The van der Waals surface area contributed by atoms with Crippen LogP contribution >= 0.6 is 0 Å². The van der Waals surface area contributed by atoms with Gasteiger partial charge in [0.15, 0.2) is 12.0 Å². The topological polar surface area (TPSA) is 79.8 Å². The highest BCUT2D eigenvalue weighted by molar-refractivity contribution is 5.32. The van der Waals surface area contributed by atoms with E-state index in [1.807, 2.05) is 0 Å². The molecule has 0 spiro atoms. The average molecular weight is 167 g/mol. The van der Waals surface area contributed by atoms with Crippen LogP contribution in [0.1, 0.15) is 5.56 Å². The van der Waals surface area contributed by atoms with Gasteiger partial charge in [-0.2, -0.15) is 5.26 Å². The van der Waals surface area contributed by atoms with Gasteiger partial charge in [0.2, 0.25) is 0 Å². The van der Waals surface area contributed by atoms with E-state index in [9.17, 15) is 14.5 Å². The summed E-state index contributed by atoms with van der Waals surface area (Å²) in [7, 11) is 0. The lowest BCUT2D eigenvalue weighted by molar-refractivity contribution is -0.389. The van der Waals surface area contributed by atoms with Gasteiger partial charge in [-0.15, -0.1) is 0 Å². The predicted octanol–water partition coefficient (Wildman–Crippen LogP) is 1.00. The van der Waals surface area contributed by atoms with E-state index in [1.54, 1.807) is 0 Å². The normalized spacial score (nSPS) is 9.00. The van der Waals surface area contributed by atoms with Crippen LogP contribution in [0.2, 0.25) is 0 Å². The first kappa shape index (κ1) is 8.07. The molecule has 1 heterocycles. The van der Waals surface area contributed by atoms with Crippen molar-refractivity contribution in [3.05, 3.63) is 33.8 Å². The van der Waals surface area contributed by atoms with Gasteiger partial charge in [-0.05, 0) is 9.91 Å². The number of halogens is 1. The maximum atomic E-state index is 12.6. The first-order chi connectivity index (χ1) is 5.65. The van der Waals surface area contributed by atoms with Gasteiger partial charge in [0.1, 0.15) is 11.6 Å². The summed E-state index contributed by atoms with van der Waals surface area (Å²) in [6, 6.07) is 2.11. The number of hydrogen-bond acceptors (Lipinski definition) is 4. The Kier molecular flexibility index (Phi) is 1.96. The Labute approximate surface area is 66.2 Å². The Bertz CT molecular complexity index is 372. The molecule has 6 heteroatoms. The van der Waals surface area contributed by atoms with Crippen molar-refractivity contribution in [2.24, 2.45) is 0 Å². The molecule has 0 atom stereocenters. The Morgan fingerprint density at radius 1 is 1.75 bits per heavy atom. The number of nitriles is 1. The molecular weight excluding hydrogens is 165 g/mol. The fourth-order valence-corrected chi connectivity index (χ4v) is 0.603. The molecule has 0 bridgehead atoms. The molecule has 1 rings (SSSR count). The van der Waals surface area contributed by atoms with Gasteiger partial charge in [-0.1, -0.05) is 0 Å². The zero-order chi connectivity index (χ0) is 9.14. The Morgan fingerprint density at radius 2 is 2.42 bits per heavy atom. The van der Waals surface area contributed by atoms with Crippen LogP contribution in [-0.4, -0.2) is 9.91 Å². The van der Waals surface area contributed by atoms with E-state index >= 15 is 0 Å². The minimum absolute atomic E-state index is 0.305. The van der Waals surface area contributed by atoms with Crippen LogP contribution in [0.4, 0.5) is 10.2 Å². The third kappa shape index (κ3) is 1.34. The van der Waals surface area contributed by atoms with E-state index in [1.165, 1.54) is 6.07 Å². The molecule has 0 fully saturated rings.